The highest BCUT2D eigenvalue weighted by Gasteiger charge is 2.43. The maximum absolute atomic E-state index is 11.0. The molecule has 14 heavy (non-hydrogen) atoms. The zero-order valence-electron chi connectivity index (χ0n) is 8.31. The summed E-state index contributed by atoms with van der Waals surface area (Å²) < 4.78 is 0. The van der Waals surface area contributed by atoms with Crippen LogP contribution in [0.15, 0.2) is 0 Å². The molecule has 1 rings (SSSR count). The third kappa shape index (κ3) is 2.05. The van der Waals surface area contributed by atoms with E-state index < -0.39 is 17.6 Å². The average molecular weight is 203 g/mol. The van der Waals surface area contributed by atoms with Gasteiger partial charge in [0.05, 0.1) is 12.7 Å². The Labute approximate surface area is 83.0 Å². The highest BCUT2D eigenvalue weighted by atomic mass is 16.4. The van der Waals surface area contributed by atoms with Crippen molar-refractivity contribution in [1.82, 2.24) is 4.90 Å². The molecule has 5 nitrogen and oxygen atoms in total. The number of rotatable bonds is 4. The van der Waals surface area contributed by atoms with E-state index in [0.29, 0.717) is 13.0 Å². The molecule has 1 saturated heterocycles. The van der Waals surface area contributed by atoms with Crippen LogP contribution in [-0.2, 0) is 4.79 Å². The predicted molar refractivity (Wildman–Crippen MR) is 49.9 cm³/mol. The van der Waals surface area contributed by atoms with Gasteiger partial charge in [0.25, 0.3) is 0 Å². The molecule has 0 amide bonds. The minimum atomic E-state index is -0.879. The lowest BCUT2D eigenvalue weighted by molar-refractivity contribution is -0.149. The monoisotopic (exact) mass is 203 g/mol. The first kappa shape index (κ1) is 11.4. The summed E-state index contributed by atoms with van der Waals surface area (Å²) in [6.45, 7) is 2.22. The summed E-state index contributed by atoms with van der Waals surface area (Å²) >= 11 is 0. The van der Waals surface area contributed by atoms with E-state index in [4.69, 9.17) is 10.2 Å². The lowest BCUT2D eigenvalue weighted by Gasteiger charge is -2.32. The molecule has 1 aliphatic rings. The molecule has 82 valence electrons. The van der Waals surface area contributed by atoms with E-state index in [1.807, 2.05) is 0 Å². The molecule has 0 spiro atoms. The quantitative estimate of drug-likeness (QED) is 0.561. The molecule has 2 atom stereocenters. The van der Waals surface area contributed by atoms with Crippen molar-refractivity contribution >= 4 is 5.97 Å². The predicted octanol–water partition coefficient (Wildman–Crippen LogP) is -0.721. The number of carbonyl (C=O) groups is 1. The second-order valence-corrected chi connectivity index (χ2v) is 3.96. The van der Waals surface area contributed by atoms with Gasteiger partial charge in [-0.1, -0.05) is 0 Å². The number of nitrogens with zero attached hydrogens (tertiary/aromatic N) is 1. The van der Waals surface area contributed by atoms with Crippen LogP contribution >= 0.6 is 0 Å². The molecule has 0 aromatic rings. The standard InChI is InChI=1S/C9H17NO4/c1-9(8(13)14)3-2-4-10(9)5-7(12)6-11/h7,11-12H,2-6H2,1H3,(H,13,14). The fourth-order valence-electron chi connectivity index (χ4n) is 1.87. The van der Waals surface area contributed by atoms with E-state index in [1.54, 1.807) is 11.8 Å². The van der Waals surface area contributed by atoms with E-state index in [9.17, 15) is 9.90 Å². The lowest BCUT2D eigenvalue weighted by atomic mass is 9.99. The fraction of sp³-hybridized carbons (Fsp3) is 0.889. The van der Waals surface area contributed by atoms with E-state index in [-0.39, 0.29) is 13.2 Å². The van der Waals surface area contributed by atoms with Crippen molar-refractivity contribution in [2.75, 3.05) is 19.7 Å². The molecule has 5 heteroatoms. The van der Waals surface area contributed by atoms with E-state index in [1.165, 1.54) is 0 Å². The number of carboxylic acid groups (broad SMARTS) is 1. The smallest absolute Gasteiger partial charge is 0.323 e. The van der Waals surface area contributed by atoms with Gasteiger partial charge in [0, 0.05) is 6.54 Å². The van der Waals surface area contributed by atoms with Crippen LogP contribution in [0.25, 0.3) is 0 Å². The summed E-state index contributed by atoms with van der Waals surface area (Å²) in [5.74, 6) is -0.861. The van der Waals surface area contributed by atoms with Crippen LogP contribution in [0.5, 0.6) is 0 Å². The lowest BCUT2D eigenvalue weighted by Crippen LogP contribution is -2.50. The van der Waals surface area contributed by atoms with Gasteiger partial charge in [-0.25, -0.2) is 0 Å². The Bertz CT molecular complexity index is 221. The Morgan fingerprint density at radius 3 is 2.79 bits per heavy atom. The second kappa shape index (κ2) is 4.25. The number of aliphatic carboxylic acids is 1. The second-order valence-electron chi connectivity index (χ2n) is 3.96. The molecule has 1 aliphatic heterocycles. The van der Waals surface area contributed by atoms with Crippen LogP contribution in [0.2, 0.25) is 0 Å². The van der Waals surface area contributed by atoms with Crippen LogP contribution in [0.3, 0.4) is 0 Å². The first-order valence-corrected chi connectivity index (χ1v) is 4.78. The number of β-amino-alcohol motifs (C(OH)–C–C–N with tert-alkyl or cyclic N) is 1. The summed E-state index contributed by atoms with van der Waals surface area (Å²) in [7, 11) is 0. The Kier molecular flexibility index (Phi) is 3.47. The summed E-state index contributed by atoms with van der Waals surface area (Å²) in [6, 6.07) is 0. The first-order valence-electron chi connectivity index (χ1n) is 4.78. The van der Waals surface area contributed by atoms with Crippen LogP contribution in [0, 0.1) is 0 Å². The van der Waals surface area contributed by atoms with Gasteiger partial charge in [0.2, 0.25) is 0 Å². The van der Waals surface area contributed by atoms with Crippen molar-refractivity contribution in [3.8, 4) is 0 Å². The maximum Gasteiger partial charge on any atom is 0.323 e. The van der Waals surface area contributed by atoms with Crippen molar-refractivity contribution in [3.63, 3.8) is 0 Å². The number of aliphatic hydroxyl groups is 2. The summed E-state index contributed by atoms with van der Waals surface area (Å²) in [6.07, 6.45) is 0.563. The van der Waals surface area contributed by atoms with Crippen molar-refractivity contribution in [3.05, 3.63) is 0 Å². The van der Waals surface area contributed by atoms with Crippen LogP contribution < -0.4 is 0 Å². The minimum absolute atomic E-state index is 0.222. The molecule has 1 heterocycles. The Balaban J connectivity index is 2.64. The fourth-order valence-corrected chi connectivity index (χ4v) is 1.87. The van der Waals surface area contributed by atoms with Crippen LogP contribution in [0.4, 0.5) is 0 Å². The Morgan fingerprint density at radius 1 is 1.64 bits per heavy atom. The number of aliphatic hydroxyl groups excluding tert-OH is 2. The van der Waals surface area contributed by atoms with Gasteiger partial charge in [0.1, 0.15) is 5.54 Å². The Morgan fingerprint density at radius 2 is 2.29 bits per heavy atom. The van der Waals surface area contributed by atoms with Crippen LogP contribution in [0.1, 0.15) is 19.8 Å². The number of carboxylic acids is 1. The Hall–Kier alpha value is -0.650. The number of hydrogen-bond donors (Lipinski definition) is 3. The first-order chi connectivity index (χ1) is 6.50. The normalized spacial score (nSPS) is 30.5. The van der Waals surface area contributed by atoms with Crippen molar-refractivity contribution < 1.29 is 20.1 Å². The molecule has 0 radical (unpaired) electrons. The van der Waals surface area contributed by atoms with Crippen molar-refractivity contribution in [1.29, 1.82) is 0 Å². The van der Waals surface area contributed by atoms with Crippen molar-refractivity contribution in [2.45, 2.75) is 31.4 Å². The zero-order valence-corrected chi connectivity index (χ0v) is 8.31. The number of likely N-dealkylation sites (tertiary alicyclic amines) is 1. The highest BCUT2D eigenvalue weighted by Crippen LogP contribution is 2.29. The molecule has 3 N–H and O–H groups in total. The topological polar surface area (TPSA) is 81.0 Å². The van der Waals surface area contributed by atoms with E-state index >= 15 is 0 Å². The minimum Gasteiger partial charge on any atom is -0.480 e. The largest absolute Gasteiger partial charge is 0.480 e. The summed E-state index contributed by atoms with van der Waals surface area (Å²) in [5, 5.41) is 27.0. The van der Waals surface area contributed by atoms with Crippen LogP contribution in [-0.4, -0.2) is 57.5 Å². The SMILES string of the molecule is CC1(C(=O)O)CCCN1CC(O)CO. The zero-order chi connectivity index (χ0) is 10.8. The molecule has 0 saturated carbocycles. The van der Waals surface area contributed by atoms with E-state index in [0.717, 1.165) is 6.42 Å². The highest BCUT2D eigenvalue weighted by molar-refractivity contribution is 5.78. The van der Waals surface area contributed by atoms with E-state index in [2.05, 4.69) is 0 Å². The van der Waals surface area contributed by atoms with Gasteiger partial charge < -0.3 is 15.3 Å². The molecular weight excluding hydrogens is 186 g/mol. The molecular formula is C9H17NO4. The third-order valence-corrected chi connectivity index (χ3v) is 2.89. The van der Waals surface area contributed by atoms with Gasteiger partial charge in [-0.05, 0) is 26.3 Å². The molecule has 1 fully saturated rings. The third-order valence-electron chi connectivity index (χ3n) is 2.89. The molecule has 0 aromatic carbocycles. The molecule has 0 aliphatic carbocycles. The summed E-state index contributed by atoms with van der Waals surface area (Å²) in [5.41, 5.74) is -0.879. The van der Waals surface area contributed by atoms with Gasteiger partial charge in [-0.15, -0.1) is 0 Å². The van der Waals surface area contributed by atoms with Gasteiger partial charge in [-0.3, -0.25) is 9.69 Å². The van der Waals surface area contributed by atoms with Gasteiger partial charge in [-0.2, -0.15) is 0 Å². The van der Waals surface area contributed by atoms with Gasteiger partial charge in [0.15, 0.2) is 0 Å². The molecule has 0 aromatic heterocycles. The van der Waals surface area contributed by atoms with Gasteiger partial charge >= 0.3 is 5.97 Å². The number of hydrogen-bond acceptors (Lipinski definition) is 4. The van der Waals surface area contributed by atoms with Crippen molar-refractivity contribution in [2.24, 2.45) is 0 Å². The molecule has 0 bridgehead atoms. The average Bonchev–Trinajstić information content (AvgIpc) is 2.49. The maximum atomic E-state index is 11.0. The summed E-state index contributed by atoms with van der Waals surface area (Å²) in [4.78, 5) is 12.7. The molecule has 2 unspecified atom stereocenters.